The maximum absolute atomic E-state index is 6.64. The van der Waals surface area contributed by atoms with Gasteiger partial charge in [-0.25, -0.2) is 0 Å². The Labute approximate surface area is 382 Å². The van der Waals surface area contributed by atoms with E-state index in [2.05, 4.69) is 96.9 Å². The number of hydrogen-bond acceptors (Lipinski definition) is 3. The van der Waals surface area contributed by atoms with Crippen LogP contribution in [0, 0.1) is 71.0 Å². The topological polar surface area (TPSA) is 27.7 Å². The summed E-state index contributed by atoms with van der Waals surface area (Å²) in [5.41, 5.74) is 0. The van der Waals surface area contributed by atoms with Crippen LogP contribution in [0.4, 0.5) is 0 Å². The van der Waals surface area contributed by atoms with E-state index in [4.69, 9.17) is 37.4 Å². The molecule has 0 radical (unpaired) electrons. The molecule has 0 spiro atoms. The van der Waals surface area contributed by atoms with Crippen LogP contribution in [0.1, 0.15) is 238 Å². The predicted molar refractivity (Wildman–Crippen MR) is 265 cm³/mol. The third-order valence-corrected chi connectivity index (χ3v) is 13.8. The smallest absolute Gasteiger partial charge is 0.160 e. The zero-order valence-electron chi connectivity index (χ0n) is 42.4. The first-order valence-electron chi connectivity index (χ1n) is 26.0. The fraction of sp³-hybridized carbons (Fsp3) is 1.00. The van der Waals surface area contributed by atoms with Crippen molar-refractivity contribution in [3.63, 3.8) is 0 Å². The monoisotopic (exact) mass is 875 g/mol. The summed E-state index contributed by atoms with van der Waals surface area (Å²) in [6.45, 7) is 35.5. The Morgan fingerprint density at radius 2 is 0.525 bits per heavy atom. The molecule has 0 heterocycles. The van der Waals surface area contributed by atoms with Crippen LogP contribution in [-0.4, -0.2) is 37.6 Å². The summed E-state index contributed by atoms with van der Waals surface area (Å²) in [5.74, 6) is 11.1. The summed E-state index contributed by atoms with van der Waals surface area (Å²) in [6.07, 6.45) is 26.7. The van der Waals surface area contributed by atoms with E-state index < -0.39 is 0 Å². The highest BCUT2D eigenvalue weighted by molar-refractivity contribution is 6.18. The maximum Gasteiger partial charge on any atom is 0.160 e. The second-order valence-electron chi connectivity index (χ2n) is 21.9. The van der Waals surface area contributed by atoms with E-state index >= 15 is 0 Å². The fourth-order valence-corrected chi connectivity index (χ4v) is 11.6. The molecule has 0 bridgehead atoms. The maximum atomic E-state index is 6.64. The van der Waals surface area contributed by atoms with Crippen molar-refractivity contribution in [1.82, 2.24) is 0 Å². The minimum atomic E-state index is -0.169. The van der Waals surface area contributed by atoms with Crippen LogP contribution in [0.25, 0.3) is 0 Å². The van der Waals surface area contributed by atoms with Gasteiger partial charge in [0, 0.05) is 25.0 Å². The highest BCUT2D eigenvalue weighted by atomic mass is 35.5. The molecule has 0 saturated carbocycles. The van der Waals surface area contributed by atoms with Crippen molar-refractivity contribution in [1.29, 1.82) is 0 Å². The van der Waals surface area contributed by atoms with Gasteiger partial charge < -0.3 is 14.2 Å². The van der Waals surface area contributed by atoms with Crippen LogP contribution in [0.3, 0.4) is 0 Å². The zero-order chi connectivity index (χ0) is 44.6. The van der Waals surface area contributed by atoms with Gasteiger partial charge in [0.25, 0.3) is 0 Å². The van der Waals surface area contributed by atoms with Crippen molar-refractivity contribution in [3.05, 3.63) is 0 Å². The first-order valence-corrected chi connectivity index (χ1v) is 27.1. The van der Waals surface area contributed by atoms with Gasteiger partial charge in [-0.15, -0.1) is 23.2 Å². The summed E-state index contributed by atoms with van der Waals surface area (Å²) < 4.78 is 19.2. The van der Waals surface area contributed by atoms with Crippen LogP contribution in [0.2, 0.25) is 0 Å². The Hall–Kier alpha value is 0.460. The first kappa shape index (κ1) is 59.5. The molecule has 0 aliphatic rings. The van der Waals surface area contributed by atoms with Crippen molar-refractivity contribution >= 4 is 23.2 Å². The molecule has 14 atom stereocenters. The van der Waals surface area contributed by atoms with Crippen LogP contribution >= 0.6 is 23.2 Å². The van der Waals surface area contributed by atoms with Gasteiger partial charge in [-0.1, -0.05) is 110 Å². The Morgan fingerprint density at radius 3 is 0.746 bits per heavy atom. The van der Waals surface area contributed by atoms with E-state index in [1.165, 1.54) is 89.9 Å². The number of hydrogen-bond donors (Lipinski definition) is 0. The van der Waals surface area contributed by atoms with Crippen molar-refractivity contribution in [2.75, 3.05) is 25.0 Å². The summed E-state index contributed by atoms with van der Waals surface area (Å²) in [6, 6.07) is 0. The zero-order valence-corrected chi connectivity index (χ0v) is 44.0. The molecular formula is C54H108Cl2O3. The van der Waals surface area contributed by atoms with Crippen LogP contribution in [0.5, 0.6) is 0 Å². The molecule has 0 rings (SSSR count). The van der Waals surface area contributed by atoms with E-state index in [1.807, 2.05) is 0 Å². The average molecular weight is 876 g/mol. The Balaban J connectivity index is 4.71. The molecule has 14 unspecified atom stereocenters. The third-order valence-electron chi connectivity index (χ3n) is 13.3. The van der Waals surface area contributed by atoms with E-state index in [9.17, 15) is 0 Å². The molecular weight excluding hydrogens is 767 g/mol. The van der Waals surface area contributed by atoms with E-state index in [1.54, 1.807) is 0 Å². The number of alkyl halides is 2. The number of ether oxygens (including phenoxy) is 3. The van der Waals surface area contributed by atoms with Crippen molar-refractivity contribution in [3.8, 4) is 0 Å². The molecule has 0 saturated heterocycles. The quantitative estimate of drug-likeness (QED) is 0.0452. The molecule has 59 heavy (non-hydrogen) atoms. The molecule has 0 aliphatic heterocycles. The summed E-state index contributed by atoms with van der Waals surface area (Å²) in [4.78, 5) is 0. The lowest BCUT2D eigenvalue weighted by molar-refractivity contribution is -0.250. The standard InChI is InChI=1S/C54H108Cl2O3/c1-15-29-57-53(25-17-21-41(3)31-45(7)35-49(11)39-51(13)37-47(9)33-43(5)23-19-27-55)59-54(58-30-16-2)26-18-22-42(4)32-46(8)36-50(12)40-52(14)38-48(10)34-44(6)24-20-28-56/h41-54H,15-40H2,1-14H3. The van der Waals surface area contributed by atoms with Crippen LogP contribution in [0.15, 0.2) is 0 Å². The van der Waals surface area contributed by atoms with Crippen molar-refractivity contribution in [2.45, 2.75) is 251 Å². The average Bonchev–Trinajstić information content (AvgIpc) is 3.13. The lowest BCUT2D eigenvalue weighted by atomic mass is 9.81. The molecule has 0 aromatic rings. The SMILES string of the molecule is CCCOC(CCCC(C)CC(C)CC(C)CC(C)CC(C)CC(C)CCCCl)OC(CCCC(C)CC(C)CC(C)CC(C)CC(C)CC(C)CCCCl)OCCC. The Morgan fingerprint density at radius 1 is 0.305 bits per heavy atom. The van der Waals surface area contributed by atoms with E-state index in [0.717, 1.165) is 147 Å². The molecule has 0 aliphatic carbocycles. The van der Waals surface area contributed by atoms with Gasteiger partial charge in [0.1, 0.15) is 0 Å². The molecule has 3 nitrogen and oxygen atoms in total. The Bertz CT molecular complexity index is 833. The van der Waals surface area contributed by atoms with Crippen molar-refractivity contribution < 1.29 is 14.2 Å². The highest BCUT2D eigenvalue weighted by Crippen LogP contribution is 2.32. The summed E-state index contributed by atoms with van der Waals surface area (Å²) >= 11 is 11.9. The Kier molecular flexibility index (Phi) is 38.1. The number of halogens is 2. The van der Waals surface area contributed by atoms with E-state index in [0.29, 0.717) is 0 Å². The minimum Gasteiger partial charge on any atom is -0.353 e. The lowest BCUT2D eigenvalue weighted by Gasteiger charge is -2.27. The lowest BCUT2D eigenvalue weighted by Crippen LogP contribution is -2.28. The molecule has 0 N–H and O–H groups in total. The van der Waals surface area contributed by atoms with Gasteiger partial charge in [0.15, 0.2) is 12.6 Å². The largest absolute Gasteiger partial charge is 0.353 e. The number of rotatable bonds is 42. The summed E-state index contributed by atoms with van der Waals surface area (Å²) in [5, 5.41) is 0. The first-order chi connectivity index (χ1) is 28.0. The second kappa shape index (κ2) is 37.8. The molecule has 0 fully saturated rings. The van der Waals surface area contributed by atoms with Crippen LogP contribution < -0.4 is 0 Å². The van der Waals surface area contributed by atoms with Gasteiger partial charge in [0.2, 0.25) is 0 Å². The van der Waals surface area contributed by atoms with Gasteiger partial charge in [-0.05, 0) is 199 Å². The highest BCUT2D eigenvalue weighted by Gasteiger charge is 2.22. The third kappa shape index (κ3) is 35.5. The van der Waals surface area contributed by atoms with Gasteiger partial charge in [0.05, 0.1) is 0 Å². The summed E-state index contributed by atoms with van der Waals surface area (Å²) in [7, 11) is 0. The van der Waals surface area contributed by atoms with Crippen molar-refractivity contribution in [2.24, 2.45) is 71.0 Å². The molecule has 356 valence electrons. The van der Waals surface area contributed by atoms with E-state index in [-0.39, 0.29) is 12.6 Å². The fourth-order valence-electron chi connectivity index (χ4n) is 11.3. The molecule has 5 heteroatoms. The van der Waals surface area contributed by atoms with Gasteiger partial charge in [-0.2, -0.15) is 0 Å². The molecule has 0 aromatic carbocycles. The normalized spacial score (nSPS) is 19.5. The second-order valence-corrected chi connectivity index (χ2v) is 22.6. The van der Waals surface area contributed by atoms with Crippen LogP contribution in [-0.2, 0) is 14.2 Å². The molecule has 0 amide bonds. The minimum absolute atomic E-state index is 0.169. The predicted octanol–water partition coefficient (Wildman–Crippen LogP) is 18.4. The van der Waals surface area contributed by atoms with Gasteiger partial charge >= 0.3 is 0 Å². The molecule has 0 aromatic heterocycles. The van der Waals surface area contributed by atoms with Gasteiger partial charge in [-0.3, -0.25) is 0 Å².